The van der Waals surface area contributed by atoms with Gasteiger partial charge in [0.1, 0.15) is 0 Å². The van der Waals surface area contributed by atoms with Crippen LogP contribution in [0.3, 0.4) is 0 Å². The van der Waals surface area contributed by atoms with E-state index in [1.165, 1.54) is 0 Å². The number of rotatable bonds is 8. The number of amides is 1. The molecule has 0 unspecified atom stereocenters. The molecule has 3 nitrogen and oxygen atoms in total. The Morgan fingerprint density at radius 1 is 1.13 bits per heavy atom. The number of hydrazine groups is 1. The zero-order valence-electron chi connectivity index (χ0n) is 10.3. The molecule has 0 spiro atoms. The summed E-state index contributed by atoms with van der Waals surface area (Å²) in [5.41, 5.74) is 3.57. The predicted molar refractivity (Wildman–Crippen MR) is 64.3 cm³/mol. The molecule has 0 aromatic heterocycles. The van der Waals surface area contributed by atoms with E-state index >= 15 is 0 Å². The Morgan fingerprint density at radius 2 is 1.67 bits per heavy atom. The zero-order valence-corrected chi connectivity index (χ0v) is 10.3. The molecule has 3 heteroatoms. The molecular formula is C12H24N2O. The Kier molecular flexibility index (Phi) is 8.01. The van der Waals surface area contributed by atoms with Crippen molar-refractivity contribution in [2.75, 3.05) is 13.1 Å². The monoisotopic (exact) mass is 212 g/mol. The van der Waals surface area contributed by atoms with Crippen LogP contribution in [0.4, 0.5) is 0 Å². The van der Waals surface area contributed by atoms with Crippen LogP contribution in [0.1, 0.15) is 46.5 Å². The average Bonchev–Trinajstić information content (AvgIpc) is 2.18. The molecule has 0 saturated carbocycles. The first-order valence-electron chi connectivity index (χ1n) is 5.89. The number of hydrogen-bond donors (Lipinski definition) is 1. The molecule has 0 aliphatic rings. The smallest absolute Gasteiger partial charge is 0.260 e. The van der Waals surface area contributed by atoms with Crippen LogP contribution in [0.2, 0.25) is 0 Å². The number of nitrogens with one attached hydrogen (secondary N) is 1. The van der Waals surface area contributed by atoms with Gasteiger partial charge in [0.15, 0.2) is 0 Å². The van der Waals surface area contributed by atoms with Gasteiger partial charge in [-0.3, -0.25) is 10.2 Å². The molecule has 0 heterocycles. The summed E-state index contributed by atoms with van der Waals surface area (Å²) >= 11 is 0. The summed E-state index contributed by atoms with van der Waals surface area (Å²) in [5.74, 6) is -0.0289. The van der Waals surface area contributed by atoms with Crippen molar-refractivity contribution in [1.82, 2.24) is 10.4 Å². The third kappa shape index (κ3) is 6.28. The van der Waals surface area contributed by atoms with Gasteiger partial charge in [-0.25, -0.2) is 5.01 Å². The van der Waals surface area contributed by atoms with E-state index in [0.29, 0.717) is 5.57 Å². The molecule has 0 aliphatic carbocycles. The third-order valence-corrected chi connectivity index (χ3v) is 2.12. The normalized spacial score (nSPS) is 10.4. The summed E-state index contributed by atoms with van der Waals surface area (Å²) in [5, 5.41) is 1.98. The molecule has 88 valence electrons. The molecule has 0 aromatic carbocycles. The van der Waals surface area contributed by atoms with Crippen molar-refractivity contribution in [3.05, 3.63) is 12.2 Å². The summed E-state index contributed by atoms with van der Waals surface area (Å²) in [4.78, 5) is 11.6. The lowest BCUT2D eigenvalue weighted by molar-refractivity contribution is -0.122. The largest absolute Gasteiger partial charge is 0.285 e. The fourth-order valence-corrected chi connectivity index (χ4v) is 1.40. The van der Waals surface area contributed by atoms with Crippen molar-refractivity contribution in [2.45, 2.75) is 46.5 Å². The highest BCUT2D eigenvalue weighted by molar-refractivity contribution is 5.92. The lowest BCUT2D eigenvalue weighted by atomic mass is 10.2. The van der Waals surface area contributed by atoms with Gasteiger partial charge >= 0.3 is 0 Å². The maximum atomic E-state index is 11.6. The molecule has 1 amide bonds. The van der Waals surface area contributed by atoms with Gasteiger partial charge in [0.2, 0.25) is 0 Å². The number of hydrogen-bond acceptors (Lipinski definition) is 2. The Balaban J connectivity index is 4.03. The van der Waals surface area contributed by atoms with E-state index in [1.807, 2.05) is 11.9 Å². The van der Waals surface area contributed by atoms with Gasteiger partial charge in [-0.05, 0) is 19.3 Å². The number of carbonyl (C=O) groups is 1. The zero-order chi connectivity index (χ0) is 11.7. The lowest BCUT2D eigenvalue weighted by Crippen LogP contribution is -2.43. The highest BCUT2D eigenvalue weighted by atomic mass is 16.2. The van der Waals surface area contributed by atoms with Crippen LogP contribution in [0, 0.1) is 0 Å². The maximum absolute atomic E-state index is 11.6. The molecule has 0 atom stereocenters. The van der Waals surface area contributed by atoms with E-state index in [2.05, 4.69) is 25.9 Å². The quantitative estimate of drug-likeness (QED) is 0.495. The van der Waals surface area contributed by atoms with Crippen LogP contribution in [-0.2, 0) is 4.79 Å². The topological polar surface area (TPSA) is 32.3 Å². The minimum absolute atomic E-state index is 0.0289. The second-order valence-electron chi connectivity index (χ2n) is 3.78. The van der Waals surface area contributed by atoms with Crippen LogP contribution in [0.5, 0.6) is 0 Å². The summed E-state index contributed by atoms with van der Waals surface area (Å²) in [6.45, 7) is 11.8. The van der Waals surface area contributed by atoms with Crippen molar-refractivity contribution >= 4 is 5.91 Å². The second kappa shape index (κ2) is 8.48. The van der Waals surface area contributed by atoms with Crippen LogP contribution in [-0.4, -0.2) is 24.0 Å². The van der Waals surface area contributed by atoms with Gasteiger partial charge in [-0.2, -0.15) is 0 Å². The van der Waals surface area contributed by atoms with E-state index in [4.69, 9.17) is 0 Å². The van der Waals surface area contributed by atoms with Crippen LogP contribution in [0.15, 0.2) is 12.2 Å². The first-order chi connectivity index (χ1) is 7.15. The van der Waals surface area contributed by atoms with Crippen molar-refractivity contribution in [2.24, 2.45) is 0 Å². The van der Waals surface area contributed by atoms with Gasteiger partial charge in [-0.15, -0.1) is 0 Å². The first-order valence-corrected chi connectivity index (χ1v) is 5.89. The van der Waals surface area contributed by atoms with Gasteiger partial charge < -0.3 is 0 Å². The van der Waals surface area contributed by atoms with Gasteiger partial charge in [0.25, 0.3) is 5.91 Å². The van der Waals surface area contributed by atoms with Crippen LogP contribution in [0.25, 0.3) is 0 Å². The van der Waals surface area contributed by atoms with Crippen molar-refractivity contribution < 1.29 is 4.79 Å². The summed E-state index contributed by atoms with van der Waals surface area (Å²) in [7, 11) is 0. The van der Waals surface area contributed by atoms with Crippen molar-refractivity contribution in [3.8, 4) is 0 Å². The molecular weight excluding hydrogens is 188 g/mol. The molecule has 0 bridgehead atoms. The van der Waals surface area contributed by atoms with Crippen LogP contribution >= 0.6 is 0 Å². The standard InChI is InChI=1S/C12H24N2O/c1-5-8-11(4)12(15)13-14(9-6-2)10-7-3/h4-10H2,1-3H3,(H,13,15). The van der Waals surface area contributed by atoms with E-state index in [-0.39, 0.29) is 5.91 Å². The Bertz CT molecular complexity index is 196. The highest BCUT2D eigenvalue weighted by Gasteiger charge is 2.09. The van der Waals surface area contributed by atoms with Gasteiger partial charge in [-0.1, -0.05) is 33.8 Å². The molecule has 0 saturated heterocycles. The van der Waals surface area contributed by atoms with E-state index in [0.717, 1.165) is 38.8 Å². The fraction of sp³-hybridized carbons (Fsp3) is 0.750. The Hall–Kier alpha value is -0.830. The second-order valence-corrected chi connectivity index (χ2v) is 3.78. The fourth-order valence-electron chi connectivity index (χ4n) is 1.40. The molecule has 0 radical (unpaired) electrons. The summed E-state index contributed by atoms with van der Waals surface area (Å²) in [6.07, 6.45) is 3.83. The van der Waals surface area contributed by atoms with Gasteiger partial charge in [0, 0.05) is 18.7 Å². The lowest BCUT2D eigenvalue weighted by Gasteiger charge is -2.22. The maximum Gasteiger partial charge on any atom is 0.260 e. The molecule has 0 rings (SSSR count). The van der Waals surface area contributed by atoms with Gasteiger partial charge in [0.05, 0.1) is 0 Å². The first kappa shape index (κ1) is 14.2. The Labute approximate surface area is 93.5 Å². The summed E-state index contributed by atoms with van der Waals surface area (Å²) < 4.78 is 0. The van der Waals surface area contributed by atoms with Crippen molar-refractivity contribution in [1.29, 1.82) is 0 Å². The van der Waals surface area contributed by atoms with E-state index < -0.39 is 0 Å². The minimum atomic E-state index is -0.0289. The molecule has 0 fully saturated rings. The molecule has 1 N–H and O–H groups in total. The average molecular weight is 212 g/mol. The van der Waals surface area contributed by atoms with E-state index in [9.17, 15) is 4.79 Å². The molecule has 0 aliphatic heterocycles. The van der Waals surface area contributed by atoms with E-state index in [1.54, 1.807) is 0 Å². The number of nitrogens with zero attached hydrogens (tertiary/aromatic N) is 1. The molecule has 15 heavy (non-hydrogen) atoms. The SMILES string of the molecule is C=C(CCC)C(=O)NN(CCC)CCC. The third-order valence-electron chi connectivity index (χ3n) is 2.12. The highest BCUT2D eigenvalue weighted by Crippen LogP contribution is 2.02. The minimum Gasteiger partial charge on any atom is -0.285 e. The number of carbonyl (C=O) groups excluding carboxylic acids is 1. The van der Waals surface area contributed by atoms with Crippen molar-refractivity contribution in [3.63, 3.8) is 0 Å². The Morgan fingerprint density at radius 3 is 2.07 bits per heavy atom. The molecule has 0 aromatic rings. The summed E-state index contributed by atoms with van der Waals surface area (Å²) in [6, 6.07) is 0. The van der Waals surface area contributed by atoms with Crippen LogP contribution < -0.4 is 5.43 Å². The predicted octanol–water partition coefficient (Wildman–Crippen LogP) is 2.50.